The van der Waals surface area contributed by atoms with Gasteiger partial charge in [0.15, 0.2) is 5.15 Å². The lowest BCUT2D eigenvalue weighted by atomic mass is 10.3. The predicted octanol–water partition coefficient (Wildman–Crippen LogP) is 0.892. The van der Waals surface area contributed by atoms with E-state index in [4.69, 9.17) is 23.8 Å². The maximum absolute atomic E-state index is 11.4. The third kappa shape index (κ3) is 2.27. The largest absolute Gasteiger partial charge is 0.392 e. The Hall–Kier alpha value is -1.47. The molecule has 0 atom stereocenters. The fourth-order valence-corrected chi connectivity index (χ4v) is 1.12. The monoisotopic (exact) mass is 211 g/mol. The Morgan fingerprint density at radius 3 is 3.07 bits per heavy atom. The zero-order valence-electron chi connectivity index (χ0n) is 7.53. The minimum atomic E-state index is -0.318. The normalized spacial score (nSPS) is 9.71. The van der Waals surface area contributed by atoms with Crippen LogP contribution in [-0.2, 0) is 6.54 Å². The van der Waals surface area contributed by atoms with Crippen molar-refractivity contribution in [1.29, 1.82) is 0 Å². The summed E-state index contributed by atoms with van der Waals surface area (Å²) in [4.78, 5) is 15.2. The summed E-state index contributed by atoms with van der Waals surface area (Å²) in [6.45, 7) is 0.511. The van der Waals surface area contributed by atoms with Crippen molar-refractivity contribution < 1.29 is 0 Å². The predicted molar refractivity (Wildman–Crippen MR) is 56.0 cm³/mol. The molecule has 1 aromatic heterocycles. The maximum atomic E-state index is 11.4. The summed E-state index contributed by atoms with van der Waals surface area (Å²) in [6.07, 6.45) is 7.80. The molecule has 14 heavy (non-hydrogen) atoms. The first-order valence-electron chi connectivity index (χ1n) is 4.10. The second-order valence-electron chi connectivity index (χ2n) is 2.76. The number of nitrogens with two attached hydrogens (primary N) is 1. The van der Waals surface area contributed by atoms with Crippen LogP contribution in [0.3, 0.4) is 0 Å². The maximum Gasteiger partial charge on any atom is 0.278 e. The molecule has 0 radical (unpaired) electrons. The summed E-state index contributed by atoms with van der Waals surface area (Å²) in [6, 6.07) is 0. The second-order valence-corrected chi connectivity index (χ2v) is 3.11. The minimum Gasteiger partial charge on any atom is -0.392 e. The molecule has 1 aromatic rings. The second kappa shape index (κ2) is 4.68. The number of hydrogen-bond donors (Lipinski definition) is 1. The Kier molecular flexibility index (Phi) is 3.55. The molecule has 0 unspecified atom stereocenters. The van der Waals surface area contributed by atoms with Gasteiger partial charge in [0, 0.05) is 13.0 Å². The molecule has 0 saturated carbocycles. The number of aromatic nitrogens is 2. The molecule has 0 aliphatic carbocycles. The van der Waals surface area contributed by atoms with E-state index < -0.39 is 0 Å². The van der Waals surface area contributed by atoms with Crippen LogP contribution in [0.5, 0.6) is 0 Å². The third-order valence-electron chi connectivity index (χ3n) is 1.74. The van der Waals surface area contributed by atoms with Crippen molar-refractivity contribution in [2.24, 2.45) is 0 Å². The van der Waals surface area contributed by atoms with Gasteiger partial charge in [0.1, 0.15) is 5.69 Å². The lowest BCUT2D eigenvalue weighted by Gasteiger charge is -2.04. The Balaban J connectivity index is 2.85. The van der Waals surface area contributed by atoms with E-state index in [1.807, 2.05) is 0 Å². The van der Waals surface area contributed by atoms with Crippen LogP contribution in [-0.4, -0.2) is 9.55 Å². The third-order valence-corrected chi connectivity index (χ3v) is 2.05. The summed E-state index contributed by atoms with van der Waals surface area (Å²) < 4.78 is 1.40. The van der Waals surface area contributed by atoms with Gasteiger partial charge in [-0.1, -0.05) is 11.6 Å². The summed E-state index contributed by atoms with van der Waals surface area (Å²) >= 11 is 5.57. The highest BCUT2D eigenvalue weighted by Gasteiger charge is 2.04. The van der Waals surface area contributed by atoms with Gasteiger partial charge in [-0.15, -0.1) is 12.3 Å². The van der Waals surface area contributed by atoms with E-state index in [-0.39, 0.29) is 16.4 Å². The summed E-state index contributed by atoms with van der Waals surface area (Å²) in [5.74, 6) is 2.49. The first-order valence-corrected chi connectivity index (χ1v) is 4.48. The molecular formula is C9H10ClN3O. The van der Waals surface area contributed by atoms with Gasteiger partial charge in [-0.3, -0.25) is 9.36 Å². The number of nitrogens with zero attached hydrogens (tertiary/aromatic N) is 2. The molecule has 5 heteroatoms. The van der Waals surface area contributed by atoms with E-state index in [1.165, 1.54) is 10.9 Å². The van der Waals surface area contributed by atoms with E-state index >= 15 is 0 Å². The fraction of sp³-hybridized carbons (Fsp3) is 0.333. The number of nitrogen functional groups attached to an aromatic ring is 1. The van der Waals surface area contributed by atoms with Gasteiger partial charge in [-0.25, -0.2) is 4.98 Å². The smallest absolute Gasteiger partial charge is 0.278 e. The molecule has 0 saturated heterocycles. The van der Waals surface area contributed by atoms with Gasteiger partial charge in [0.05, 0.1) is 6.33 Å². The summed E-state index contributed by atoms with van der Waals surface area (Å²) in [5, 5.41) is 0.0446. The average Bonchev–Trinajstić information content (AvgIpc) is 2.18. The molecule has 74 valence electrons. The zero-order chi connectivity index (χ0) is 10.6. The number of unbranched alkanes of at least 4 members (excludes halogenated alkanes) is 1. The first kappa shape index (κ1) is 10.6. The van der Waals surface area contributed by atoms with Crippen LogP contribution in [0.2, 0.25) is 5.15 Å². The van der Waals surface area contributed by atoms with Gasteiger partial charge in [-0.05, 0) is 6.42 Å². The van der Waals surface area contributed by atoms with Crippen LogP contribution >= 0.6 is 11.6 Å². The zero-order valence-corrected chi connectivity index (χ0v) is 8.29. The van der Waals surface area contributed by atoms with E-state index in [9.17, 15) is 4.79 Å². The van der Waals surface area contributed by atoms with Crippen LogP contribution in [0.15, 0.2) is 11.1 Å². The van der Waals surface area contributed by atoms with Crippen LogP contribution < -0.4 is 11.3 Å². The van der Waals surface area contributed by atoms with E-state index in [2.05, 4.69) is 10.9 Å². The van der Waals surface area contributed by atoms with Gasteiger partial charge in [0.25, 0.3) is 5.56 Å². The van der Waals surface area contributed by atoms with Gasteiger partial charge in [0.2, 0.25) is 0 Å². The van der Waals surface area contributed by atoms with Crippen molar-refractivity contribution >= 4 is 17.3 Å². The Morgan fingerprint density at radius 1 is 1.71 bits per heavy atom. The molecule has 0 aromatic carbocycles. The van der Waals surface area contributed by atoms with Crippen LogP contribution in [0.25, 0.3) is 0 Å². The van der Waals surface area contributed by atoms with Crippen molar-refractivity contribution in [1.82, 2.24) is 9.55 Å². The van der Waals surface area contributed by atoms with Crippen LogP contribution in [0.1, 0.15) is 12.8 Å². The molecule has 2 N–H and O–H groups in total. The van der Waals surface area contributed by atoms with Crippen LogP contribution in [0, 0.1) is 12.3 Å². The van der Waals surface area contributed by atoms with Crippen molar-refractivity contribution in [3.05, 3.63) is 21.8 Å². The van der Waals surface area contributed by atoms with Crippen molar-refractivity contribution in [2.45, 2.75) is 19.4 Å². The minimum absolute atomic E-state index is 0.0186. The number of anilines is 1. The number of rotatable bonds is 3. The number of hydrogen-bond acceptors (Lipinski definition) is 3. The molecule has 0 spiro atoms. The standard InChI is InChI=1S/C9H10ClN3O/c1-2-3-4-5-13-6-12-8(10)7(11)9(13)14/h1,6H,3-5,11H2. The van der Waals surface area contributed by atoms with Crippen molar-refractivity contribution in [3.8, 4) is 12.3 Å². The summed E-state index contributed by atoms with van der Waals surface area (Å²) in [7, 11) is 0. The van der Waals surface area contributed by atoms with Gasteiger partial charge >= 0.3 is 0 Å². The fourth-order valence-electron chi connectivity index (χ4n) is 0.996. The van der Waals surface area contributed by atoms with Crippen molar-refractivity contribution in [2.75, 3.05) is 5.73 Å². The SMILES string of the molecule is C#CCCCn1cnc(Cl)c(N)c1=O. The molecule has 0 bridgehead atoms. The highest BCUT2D eigenvalue weighted by atomic mass is 35.5. The average molecular weight is 212 g/mol. The van der Waals surface area contributed by atoms with Gasteiger partial charge in [-0.2, -0.15) is 0 Å². The number of halogens is 1. The molecule has 0 fully saturated rings. The number of aryl methyl sites for hydroxylation is 1. The quantitative estimate of drug-likeness (QED) is 0.459. The lowest BCUT2D eigenvalue weighted by molar-refractivity contribution is 0.624. The van der Waals surface area contributed by atoms with Crippen LogP contribution in [0.4, 0.5) is 5.69 Å². The number of terminal acetylenes is 1. The molecule has 4 nitrogen and oxygen atoms in total. The molecule has 1 heterocycles. The topological polar surface area (TPSA) is 60.9 Å². The highest BCUT2D eigenvalue weighted by molar-refractivity contribution is 6.31. The first-order chi connectivity index (χ1) is 6.66. The van der Waals surface area contributed by atoms with Gasteiger partial charge < -0.3 is 5.73 Å². The molecule has 0 aliphatic heterocycles. The van der Waals surface area contributed by atoms with E-state index in [0.29, 0.717) is 13.0 Å². The Morgan fingerprint density at radius 2 is 2.43 bits per heavy atom. The molecule has 0 aliphatic rings. The Labute approximate surface area is 86.7 Å². The van der Waals surface area contributed by atoms with Crippen molar-refractivity contribution in [3.63, 3.8) is 0 Å². The Bertz CT molecular complexity index is 419. The van der Waals surface area contributed by atoms with E-state index in [1.54, 1.807) is 0 Å². The molecule has 1 rings (SSSR count). The highest BCUT2D eigenvalue weighted by Crippen LogP contribution is 2.08. The molecule has 0 amide bonds. The summed E-state index contributed by atoms with van der Waals surface area (Å²) in [5.41, 5.74) is 5.08. The lowest BCUT2D eigenvalue weighted by Crippen LogP contribution is -2.23. The van der Waals surface area contributed by atoms with E-state index in [0.717, 1.165) is 6.42 Å². The molecular weight excluding hydrogens is 202 g/mol.